The fraction of sp³-hybridized carbons (Fsp3) is 0.0769. The van der Waals surface area contributed by atoms with Crippen molar-refractivity contribution in [3.05, 3.63) is 56.2 Å². The van der Waals surface area contributed by atoms with Crippen LogP contribution in [0.1, 0.15) is 15.9 Å². The highest BCUT2D eigenvalue weighted by Gasteiger charge is 2.19. The van der Waals surface area contributed by atoms with Gasteiger partial charge in [0.25, 0.3) is 0 Å². The average molecular weight is 352 g/mol. The van der Waals surface area contributed by atoms with Crippen LogP contribution >= 0.6 is 15.9 Å². The van der Waals surface area contributed by atoms with Gasteiger partial charge in [-0.3, -0.25) is 10.1 Å². The second-order valence-electron chi connectivity index (χ2n) is 4.19. The topological polar surface area (TPSA) is 105 Å². The Morgan fingerprint density at radius 3 is 2.81 bits per heavy atom. The Morgan fingerprint density at radius 1 is 1.48 bits per heavy atom. The lowest BCUT2D eigenvalue weighted by Crippen LogP contribution is -2.04. The number of carboxylic acids is 1. The van der Waals surface area contributed by atoms with Gasteiger partial charge in [-0.05, 0) is 24.6 Å². The van der Waals surface area contributed by atoms with E-state index in [9.17, 15) is 14.9 Å². The number of carbonyl (C=O) groups is 1. The molecule has 108 valence electrons. The molecule has 0 saturated carbocycles. The van der Waals surface area contributed by atoms with Crippen LogP contribution in [-0.4, -0.2) is 21.0 Å². The number of benzene rings is 1. The summed E-state index contributed by atoms with van der Waals surface area (Å²) in [6, 6.07) is 6.34. The molecule has 2 aromatic rings. The molecule has 0 aliphatic heterocycles. The van der Waals surface area contributed by atoms with Crippen LogP contribution < -0.4 is 5.32 Å². The Balaban J connectivity index is 2.46. The van der Waals surface area contributed by atoms with Crippen LogP contribution in [-0.2, 0) is 0 Å². The number of hydrogen-bond acceptors (Lipinski definition) is 5. The molecule has 0 unspecified atom stereocenters. The van der Waals surface area contributed by atoms with Crippen molar-refractivity contribution >= 4 is 39.1 Å². The van der Waals surface area contributed by atoms with E-state index in [1.54, 1.807) is 12.1 Å². The summed E-state index contributed by atoms with van der Waals surface area (Å²) < 4.78 is 0.845. The van der Waals surface area contributed by atoms with E-state index in [4.69, 9.17) is 5.11 Å². The maximum absolute atomic E-state index is 11.1. The zero-order chi connectivity index (χ0) is 15.6. The first kappa shape index (κ1) is 14.9. The number of anilines is 2. The van der Waals surface area contributed by atoms with Gasteiger partial charge in [-0.15, -0.1) is 0 Å². The van der Waals surface area contributed by atoms with E-state index >= 15 is 0 Å². The molecule has 1 aromatic carbocycles. The van der Waals surface area contributed by atoms with Crippen LogP contribution in [0.2, 0.25) is 0 Å². The van der Waals surface area contributed by atoms with Gasteiger partial charge in [-0.1, -0.05) is 22.0 Å². The standard InChI is InChI=1S/C13H10BrN3O4/c1-7-9(14)3-2-4-10(7)16-12-11(17(20)21)5-8(6-15-12)13(18)19/h2-6H,1H3,(H,15,16)(H,18,19). The number of hydrogen-bond donors (Lipinski definition) is 2. The highest BCUT2D eigenvalue weighted by molar-refractivity contribution is 9.10. The molecular weight excluding hydrogens is 342 g/mol. The number of carboxylic acid groups (broad SMARTS) is 1. The maximum Gasteiger partial charge on any atom is 0.337 e. The molecule has 0 atom stereocenters. The first-order chi connectivity index (χ1) is 9.90. The molecule has 0 amide bonds. The second kappa shape index (κ2) is 5.88. The van der Waals surface area contributed by atoms with Crippen molar-refractivity contribution in [1.82, 2.24) is 4.98 Å². The Bertz CT molecular complexity index is 733. The first-order valence-corrected chi connectivity index (χ1v) is 6.59. The summed E-state index contributed by atoms with van der Waals surface area (Å²) in [6.45, 7) is 1.84. The van der Waals surface area contributed by atoms with Crippen molar-refractivity contribution in [3.63, 3.8) is 0 Å². The number of nitro groups is 1. The zero-order valence-corrected chi connectivity index (χ0v) is 12.4. The lowest BCUT2D eigenvalue weighted by atomic mass is 10.2. The van der Waals surface area contributed by atoms with Crippen LogP contribution in [0.5, 0.6) is 0 Å². The minimum absolute atomic E-state index is 0.00815. The number of nitrogens with one attached hydrogen (secondary N) is 1. The quantitative estimate of drug-likeness (QED) is 0.644. The van der Waals surface area contributed by atoms with Crippen molar-refractivity contribution in [1.29, 1.82) is 0 Å². The number of aromatic carboxylic acids is 1. The summed E-state index contributed by atoms with van der Waals surface area (Å²) in [4.78, 5) is 25.1. The maximum atomic E-state index is 11.1. The minimum Gasteiger partial charge on any atom is -0.478 e. The molecule has 7 nitrogen and oxygen atoms in total. The zero-order valence-electron chi connectivity index (χ0n) is 10.8. The SMILES string of the molecule is Cc1c(Br)cccc1Nc1ncc(C(=O)O)cc1[N+](=O)[O-]. The predicted octanol–water partition coefficient (Wildman–Crippen LogP) is 3.50. The molecule has 2 N–H and O–H groups in total. The van der Waals surface area contributed by atoms with Crippen LogP contribution in [0.3, 0.4) is 0 Å². The normalized spacial score (nSPS) is 10.2. The minimum atomic E-state index is -1.27. The molecule has 8 heteroatoms. The number of rotatable bonds is 4. The summed E-state index contributed by atoms with van der Waals surface area (Å²) in [5, 5.41) is 22.8. The van der Waals surface area contributed by atoms with Crippen molar-refractivity contribution < 1.29 is 14.8 Å². The van der Waals surface area contributed by atoms with Crippen molar-refractivity contribution in [3.8, 4) is 0 Å². The summed E-state index contributed by atoms with van der Waals surface area (Å²) in [5.41, 5.74) is 0.867. The molecule has 0 bridgehead atoms. The number of aromatic nitrogens is 1. The third kappa shape index (κ3) is 3.16. The molecule has 0 fully saturated rings. The highest BCUT2D eigenvalue weighted by atomic mass is 79.9. The second-order valence-corrected chi connectivity index (χ2v) is 5.05. The summed E-state index contributed by atoms with van der Waals surface area (Å²) in [6.07, 6.45) is 1.07. The van der Waals surface area contributed by atoms with E-state index in [0.29, 0.717) is 5.69 Å². The van der Waals surface area contributed by atoms with Gasteiger partial charge in [0.2, 0.25) is 5.82 Å². The molecule has 0 radical (unpaired) electrons. The number of nitrogens with zero attached hydrogens (tertiary/aromatic N) is 2. The largest absolute Gasteiger partial charge is 0.478 e. The molecule has 1 heterocycles. The number of pyridine rings is 1. The molecule has 1 aromatic heterocycles. The molecule has 0 spiro atoms. The Labute approximate surface area is 127 Å². The lowest BCUT2D eigenvalue weighted by Gasteiger charge is -2.10. The van der Waals surface area contributed by atoms with Crippen molar-refractivity contribution in [2.24, 2.45) is 0 Å². The average Bonchev–Trinajstić information content (AvgIpc) is 2.43. The molecule has 0 saturated heterocycles. The molecule has 0 aliphatic carbocycles. The first-order valence-electron chi connectivity index (χ1n) is 5.80. The van der Waals surface area contributed by atoms with Crippen LogP contribution in [0.4, 0.5) is 17.2 Å². The van der Waals surface area contributed by atoms with Crippen LogP contribution in [0.15, 0.2) is 34.9 Å². The van der Waals surface area contributed by atoms with Gasteiger partial charge in [0.05, 0.1) is 10.5 Å². The van der Waals surface area contributed by atoms with E-state index in [-0.39, 0.29) is 11.4 Å². The third-order valence-corrected chi connectivity index (χ3v) is 3.69. The van der Waals surface area contributed by atoms with E-state index in [2.05, 4.69) is 26.2 Å². The van der Waals surface area contributed by atoms with Gasteiger partial charge in [0.15, 0.2) is 0 Å². The van der Waals surface area contributed by atoms with Gasteiger partial charge in [-0.2, -0.15) is 0 Å². The smallest absolute Gasteiger partial charge is 0.337 e. The summed E-state index contributed by atoms with van der Waals surface area (Å²) >= 11 is 3.37. The molecular formula is C13H10BrN3O4. The monoisotopic (exact) mass is 351 g/mol. The fourth-order valence-corrected chi connectivity index (χ4v) is 2.04. The summed E-state index contributed by atoms with van der Waals surface area (Å²) in [7, 11) is 0. The van der Waals surface area contributed by atoms with E-state index in [0.717, 1.165) is 22.3 Å². The number of halogens is 1. The van der Waals surface area contributed by atoms with E-state index in [1.165, 1.54) is 0 Å². The Kier molecular flexibility index (Phi) is 4.18. The van der Waals surface area contributed by atoms with Gasteiger partial charge in [0, 0.05) is 22.4 Å². The van der Waals surface area contributed by atoms with Crippen LogP contribution in [0, 0.1) is 17.0 Å². The predicted molar refractivity (Wildman–Crippen MR) is 80.0 cm³/mol. The fourth-order valence-electron chi connectivity index (χ4n) is 1.68. The molecule has 2 rings (SSSR count). The Hall–Kier alpha value is -2.48. The van der Waals surface area contributed by atoms with Gasteiger partial charge in [0.1, 0.15) is 0 Å². The van der Waals surface area contributed by atoms with E-state index in [1.807, 2.05) is 13.0 Å². The molecule has 0 aliphatic rings. The van der Waals surface area contributed by atoms with Crippen LogP contribution in [0.25, 0.3) is 0 Å². The summed E-state index contributed by atoms with van der Waals surface area (Å²) in [5.74, 6) is -1.28. The molecule has 21 heavy (non-hydrogen) atoms. The van der Waals surface area contributed by atoms with Crippen molar-refractivity contribution in [2.45, 2.75) is 6.92 Å². The third-order valence-electron chi connectivity index (χ3n) is 2.83. The highest BCUT2D eigenvalue weighted by Crippen LogP contribution is 2.30. The Morgan fingerprint density at radius 2 is 2.19 bits per heavy atom. The van der Waals surface area contributed by atoms with Gasteiger partial charge >= 0.3 is 11.7 Å². The van der Waals surface area contributed by atoms with Gasteiger partial charge < -0.3 is 10.4 Å². The van der Waals surface area contributed by atoms with Gasteiger partial charge in [-0.25, -0.2) is 9.78 Å². The lowest BCUT2D eigenvalue weighted by molar-refractivity contribution is -0.384. The van der Waals surface area contributed by atoms with E-state index < -0.39 is 16.6 Å². The van der Waals surface area contributed by atoms with Crippen molar-refractivity contribution in [2.75, 3.05) is 5.32 Å².